The average Bonchev–Trinajstić information content (AvgIpc) is 2.52. The predicted molar refractivity (Wildman–Crippen MR) is 81.1 cm³/mol. The standard InChI is InChI=1S/C17H18N2O2/c1-12(19)16-8-7-15(20-2)9-17(16)21-11-14-5-3-13(10-18)4-6-14/h3-9,12H,11,19H2,1-2H3/t12-/m1/s1. The van der Waals surface area contributed by atoms with Gasteiger partial charge in [0.05, 0.1) is 18.7 Å². The van der Waals surface area contributed by atoms with Crippen LogP contribution in [0.2, 0.25) is 0 Å². The first-order valence-electron chi connectivity index (χ1n) is 6.69. The molecule has 0 saturated heterocycles. The largest absolute Gasteiger partial charge is 0.497 e. The molecule has 4 heteroatoms. The van der Waals surface area contributed by atoms with E-state index in [1.165, 1.54) is 0 Å². The van der Waals surface area contributed by atoms with E-state index in [1.54, 1.807) is 19.2 Å². The Balaban J connectivity index is 2.16. The third-order valence-corrected chi connectivity index (χ3v) is 3.19. The summed E-state index contributed by atoms with van der Waals surface area (Å²) < 4.78 is 11.1. The van der Waals surface area contributed by atoms with Crippen LogP contribution >= 0.6 is 0 Å². The number of nitrogens with zero attached hydrogens (tertiary/aromatic N) is 1. The maximum absolute atomic E-state index is 8.78. The number of ether oxygens (including phenoxy) is 2. The summed E-state index contributed by atoms with van der Waals surface area (Å²) in [6, 6.07) is 14.9. The Morgan fingerprint density at radius 2 is 1.90 bits per heavy atom. The fourth-order valence-electron chi connectivity index (χ4n) is 1.98. The summed E-state index contributed by atoms with van der Waals surface area (Å²) in [5, 5.41) is 8.78. The van der Waals surface area contributed by atoms with Crippen molar-refractivity contribution in [2.45, 2.75) is 19.6 Å². The molecule has 1 atom stereocenters. The molecule has 0 unspecified atom stereocenters. The molecule has 0 aliphatic rings. The van der Waals surface area contributed by atoms with E-state index < -0.39 is 0 Å². The summed E-state index contributed by atoms with van der Waals surface area (Å²) in [5.74, 6) is 1.45. The number of benzene rings is 2. The Morgan fingerprint density at radius 3 is 2.48 bits per heavy atom. The molecule has 2 aromatic rings. The third-order valence-electron chi connectivity index (χ3n) is 3.19. The van der Waals surface area contributed by atoms with Crippen molar-refractivity contribution >= 4 is 0 Å². The lowest BCUT2D eigenvalue weighted by molar-refractivity contribution is 0.299. The van der Waals surface area contributed by atoms with Gasteiger partial charge in [0.2, 0.25) is 0 Å². The molecule has 0 saturated carbocycles. The Bertz CT molecular complexity index is 643. The zero-order valence-electron chi connectivity index (χ0n) is 12.2. The maximum atomic E-state index is 8.78. The third kappa shape index (κ3) is 3.74. The van der Waals surface area contributed by atoms with Gasteiger partial charge in [-0.1, -0.05) is 18.2 Å². The van der Waals surface area contributed by atoms with Gasteiger partial charge in [-0.05, 0) is 30.7 Å². The Kier molecular flexibility index (Phi) is 4.81. The van der Waals surface area contributed by atoms with Crippen molar-refractivity contribution in [3.63, 3.8) is 0 Å². The van der Waals surface area contributed by atoms with Gasteiger partial charge < -0.3 is 15.2 Å². The van der Waals surface area contributed by atoms with Crippen molar-refractivity contribution in [2.24, 2.45) is 5.73 Å². The van der Waals surface area contributed by atoms with Gasteiger partial charge >= 0.3 is 0 Å². The molecule has 2 aromatic carbocycles. The van der Waals surface area contributed by atoms with Gasteiger partial charge in [0.1, 0.15) is 18.1 Å². The smallest absolute Gasteiger partial charge is 0.128 e. The van der Waals surface area contributed by atoms with Crippen molar-refractivity contribution in [3.05, 3.63) is 59.2 Å². The summed E-state index contributed by atoms with van der Waals surface area (Å²) in [6.07, 6.45) is 0. The first kappa shape index (κ1) is 14.9. The van der Waals surface area contributed by atoms with Gasteiger partial charge in [0.15, 0.2) is 0 Å². The molecule has 0 fully saturated rings. The summed E-state index contributed by atoms with van der Waals surface area (Å²) in [5.41, 5.74) is 8.52. The first-order valence-corrected chi connectivity index (χ1v) is 6.69. The lowest BCUT2D eigenvalue weighted by Gasteiger charge is -2.15. The first-order chi connectivity index (χ1) is 10.1. The number of nitriles is 1. The van der Waals surface area contributed by atoms with E-state index in [2.05, 4.69) is 6.07 Å². The fraction of sp³-hybridized carbons (Fsp3) is 0.235. The molecule has 0 spiro atoms. The summed E-state index contributed by atoms with van der Waals surface area (Å²) >= 11 is 0. The number of methoxy groups -OCH3 is 1. The van der Waals surface area contributed by atoms with E-state index in [9.17, 15) is 0 Å². The second-order valence-corrected chi connectivity index (χ2v) is 4.79. The predicted octanol–water partition coefficient (Wildman–Crippen LogP) is 3.17. The van der Waals surface area contributed by atoms with Crippen LogP contribution in [0.4, 0.5) is 0 Å². The van der Waals surface area contributed by atoms with Gasteiger partial charge in [-0.3, -0.25) is 0 Å². The van der Waals surface area contributed by atoms with Gasteiger partial charge in [0.25, 0.3) is 0 Å². The van der Waals surface area contributed by atoms with Gasteiger partial charge in [0, 0.05) is 17.7 Å². The van der Waals surface area contributed by atoms with E-state index in [0.717, 1.165) is 16.9 Å². The average molecular weight is 282 g/mol. The van der Waals surface area contributed by atoms with Crippen LogP contribution in [-0.2, 0) is 6.61 Å². The van der Waals surface area contributed by atoms with E-state index >= 15 is 0 Å². The van der Waals surface area contributed by atoms with E-state index in [4.69, 9.17) is 20.5 Å². The summed E-state index contributed by atoms with van der Waals surface area (Å²) in [7, 11) is 1.62. The second kappa shape index (κ2) is 6.78. The van der Waals surface area contributed by atoms with Crippen LogP contribution < -0.4 is 15.2 Å². The van der Waals surface area contributed by atoms with Crippen molar-refractivity contribution in [2.75, 3.05) is 7.11 Å². The molecule has 0 aliphatic carbocycles. The highest BCUT2D eigenvalue weighted by molar-refractivity contribution is 5.42. The Labute approximate surface area is 124 Å². The molecule has 4 nitrogen and oxygen atoms in total. The van der Waals surface area contributed by atoms with Gasteiger partial charge in [-0.15, -0.1) is 0 Å². The summed E-state index contributed by atoms with van der Waals surface area (Å²) in [6.45, 7) is 2.33. The van der Waals surface area contributed by atoms with Crippen molar-refractivity contribution in [1.29, 1.82) is 5.26 Å². The number of rotatable bonds is 5. The number of nitrogens with two attached hydrogens (primary N) is 1. The zero-order valence-corrected chi connectivity index (χ0v) is 12.2. The molecule has 2 N–H and O–H groups in total. The number of hydrogen-bond acceptors (Lipinski definition) is 4. The zero-order chi connectivity index (χ0) is 15.2. The van der Waals surface area contributed by atoms with Crippen LogP contribution in [0.25, 0.3) is 0 Å². The molecule has 0 bridgehead atoms. The lowest BCUT2D eigenvalue weighted by Crippen LogP contribution is -2.08. The normalized spacial score (nSPS) is 11.5. The van der Waals surface area contributed by atoms with Crippen LogP contribution in [0, 0.1) is 11.3 Å². The molecule has 0 aromatic heterocycles. The maximum Gasteiger partial charge on any atom is 0.128 e. The SMILES string of the molecule is COc1ccc([C@@H](C)N)c(OCc2ccc(C#N)cc2)c1. The quantitative estimate of drug-likeness (QED) is 0.914. The van der Waals surface area contributed by atoms with Crippen LogP contribution in [0.15, 0.2) is 42.5 Å². The monoisotopic (exact) mass is 282 g/mol. The van der Waals surface area contributed by atoms with E-state index in [1.807, 2.05) is 37.3 Å². The minimum Gasteiger partial charge on any atom is -0.497 e. The molecule has 2 rings (SSSR count). The van der Waals surface area contributed by atoms with Crippen molar-refractivity contribution in [3.8, 4) is 17.6 Å². The molecule has 0 radical (unpaired) electrons. The highest BCUT2D eigenvalue weighted by atomic mass is 16.5. The van der Waals surface area contributed by atoms with Crippen LogP contribution in [0.3, 0.4) is 0 Å². The van der Waals surface area contributed by atoms with Crippen LogP contribution in [0.1, 0.15) is 29.7 Å². The highest BCUT2D eigenvalue weighted by Gasteiger charge is 2.10. The molecular weight excluding hydrogens is 264 g/mol. The van der Waals surface area contributed by atoms with Crippen LogP contribution in [-0.4, -0.2) is 7.11 Å². The minimum absolute atomic E-state index is 0.119. The number of hydrogen-bond donors (Lipinski definition) is 1. The molecule has 0 amide bonds. The summed E-state index contributed by atoms with van der Waals surface area (Å²) in [4.78, 5) is 0. The molecule has 0 heterocycles. The topological polar surface area (TPSA) is 68.3 Å². The van der Waals surface area contributed by atoms with Gasteiger partial charge in [-0.2, -0.15) is 5.26 Å². The molecule has 108 valence electrons. The highest BCUT2D eigenvalue weighted by Crippen LogP contribution is 2.29. The molecular formula is C17H18N2O2. The Hall–Kier alpha value is -2.51. The van der Waals surface area contributed by atoms with Crippen LogP contribution in [0.5, 0.6) is 11.5 Å². The molecule has 21 heavy (non-hydrogen) atoms. The van der Waals surface area contributed by atoms with E-state index in [-0.39, 0.29) is 6.04 Å². The Morgan fingerprint density at radius 1 is 1.19 bits per heavy atom. The van der Waals surface area contributed by atoms with E-state index in [0.29, 0.717) is 17.9 Å². The lowest BCUT2D eigenvalue weighted by atomic mass is 10.1. The van der Waals surface area contributed by atoms with Gasteiger partial charge in [-0.25, -0.2) is 0 Å². The minimum atomic E-state index is -0.119. The van der Waals surface area contributed by atoms with Crippen molar-refractivity contribution in [1.82, 2.24) is 0 Å². The van der Waals surface area contributed by atoms with Crippen molar-refractivity contribution < 1.29 is 9.47 Å². The molecule has 0 aliphatic heterocycles. The fourth-order valence-corrected chi connectivity index (χ4v) is 1.98. The second-order valence-electron chi connectivity index (χ2n) is 4.79.